The van der Waals surface area contributed by atoms with Crippen LogP contribution in [0.3, 0.4) is 0 Å². The molecule has 68 heavy (non-hydrogen) atoms. The number of fused-ring (bicyclic) bond motifs is 4. The van der Waals surface area contributed by atoms with Gasteiger partial charge in [-0.25, -0.2) is 4.18 Å². The zero-order valence-electron chi connectivity index (χ0n) is 40.3. The molecule has 20 nitrogen and oxygen atoms in total. The third-order valence-electron chi connectivity index (χ3n) is 18.9. The standard InChI is InChI=1S/C47H76O20S/c1-21(2)15-23-16-45(8,55)38-24-9-10-28-43(6)13-12-29(42(4,5)27(43)11-14-44(28,7)46(24)19-47(38,66-23)60-20-46)63-41-37(65-39-33(53)31(51)30(50)22(3)61-39)35(25(49)18-59-41)64-40-34(54)32(52)36(26(17-48)62-40)67-68(56,57)58/h15,22-41,48-55H,9-14,16-20H2,1-8H3,(H,56,57,58)/t22-,23-,24+,25-,26+,27-,28+,29-,30-,31+,32+,33+,34+,35-,36+,37+,38-,39-,40-,41-,43-,44+,45-,46-,47-/m0/s1. The highest BCUT2D eigenvalue weighted by Crippen LogP contribution is 2.80. The highest BCUT2D eigenvalue weighted by atomic mass is 32.3. The molecule has 0 aromatic rings. The van der Waals surface area contributed by atoms with Gasteiger partial charge in [-0.15, -0.1) is 0 Å². The summed E-state index contributed by atoms with van der Waals surface area (Å²) in [5, 5.41) is 88.2. The fourth-order valence-corrected chi connectivity index (χ4v) is 16.5. The lowest BCUT2D eigenvalue weighted by Gasteiger charge is -2.70. The van der Waals surface area contributed by atoms with Crippen molar-refractivity contribution in [3.8, 4) is 0 Å². The van der Waals surface area contributed by atoms with Gasteiger partial charge < -0.3 is 78.7 Å². The number of allylic oxidation sites excluding steroid dienone is 1. The minimum absolute atomic E-state index is 0.105. The third kappa shape index (κ3) is 8.21. The summed E-state index contributed by atoms with van der Waals surface area (Å²) in [6.45, 7) is 16.1. The van der Waals surface area contributed by atoms with Gasteiger partial charge in [-0.05, 0) is 100 Å². The summed E-state index contributed by atoms with van der Waals surface area (Å²) >= 11 is 0. The van der Waals surface area contributed by atoms with Gasteiger partial charge in [0.1, 0.15) is 61.0 Å². The van der Waals surface area contributed by atoms with Crippen LogP contribution in [0, 0.1) is 45.3 Å². The van der Waals surface area contributed by atoms with Gasteiger partial charge in [0.05, 0.1) is 43.7 Å². The van der Waals surface area contributed by atoms with E-state index in [1.807, 2.05) is 20.8 Å². The van der Waals surface area contributed by atoms with E-state index < -0.39 is 133 Å². The molecule has 2 bridgehead atoms. The van der Waals surface area contributed by atoms with Gasteiger partial charge in [0.2, 0.25) is 0 Å². The van der Waals surface area contributed by atoms with Crippen molar-refractivity contribution in [1.82, 2.24) is 0 Å². The molecule has 9 fully saturated rings. The monoisotopic (exact) mass is 992 g/mol. The smallest absolute Gasteiger partial charge is 0.394 e. The Morgan fingerprint density at radius 2 is 1.46 bits per heavy atom. The second kappa shape index (κ2) is 17.8. The summed E-state index contributed by atoms with van der Waals surface area (Å²) in [6, 6.07) is 0. The van der Waals surface area contributed by atoms with E-state index in [1.54, 1.807) is 0 Å². The Kier molecular flexibility index (Phi) is 13.6. The molecule has 0 unspecified atom stereocenters. The molecular formula is C47H76O20S. The van der Waals surface area contributed by atoms with Gasteiger partial charge in [0.25, 0.3) is 0 Å². The Hall–Kier alpha value is -1.03. The van der Waals surface area contributed by atoms with Crippen molar-refractivity contribution in [3.63, 3.8) is 0 Å². The summed E-state index contributed by atoms with van der Waals surface area (Å²) < 4.78 is 87.9. The molecule has 0 aromatic carbocycles. The Morgan fingerprint density at radius 1 is 0.779 bits per heavy atom. The van der Waals surface area contributed by atoms with Crippen LogP contribution in [0.15, 0.2) is 11.6 Å². The maximum atomic E-state index is 12.2. The number of ether oxygens (including phenoxy) is 8. The Morgan fingerprint density at radius 3 is 2.13 bits per heavy atom. The highest BCUT2D eigenvalue weighted by Gasteiger charge is 2.81. The van der Waals surface area contributed by atoms with Crippen LogP contribution in [-0.2, 0) is 52.5 Å². The van der Waals surface area contributed by atoms with Crippen molar-refractivity contribution < 1.29 is 95.9 Å². The fourth-order valence-electron chi connectivity index (χ4n) is 16.0. The van der Waals surface area contributed by atoms with E-state index in [-0.39, 0.29) is 40.1 Å². The van der Waals surface area contributed by atoms with Gasteiger partial charge in [0.15, 0.2) is 24.7 Å². The highest BCUT2D eigenvalue weighted by molar-refractivity contribution is 7.80. The maximum Gasteiger partial charge on any atom is 0.397 e. The average Bonchev–Trinajstić information content (AvgIpc) is 3.76. The maximum absolute atomic E-state index is 12.2. The van der Waals surface area contributed by atoms with Gasteiger partial charge in [-0.1, -0.05) is 39.3 Å². The molecule has 5 heterocycles. The molecule has 0 aromatic heterocycles. The van der Waals surface area contributed by atoms with E-state index in [4.69, 9.17) is 37.9 Å². The van der Waals surface area contributed by atoms with Gasteiger partial charge in [-0.3, -0.25) is 4.55 Å². The van der Waals surface area contributed by atoms with Crippen molar-refractivity contribution in [2.75, 3.05) is 19.8 Å². The molecule has 5 aliphatic heterocycles. The van der Waals surface area contributed by atoms with Crippen LogP contribution < -0.4 is 0 Å². The van der Waals surface area contributed by atoms with E-state index in [0.717, 1.165) is 44.1 Å². The molecule has 390 valence electrons. The summed E-state index contributed by atoms with van der Waals surface area (Å²) in [7, 11) is -5.18. The third-order valence-corrected chi connectivity index (χ3v) is 19.4. The van der Waals surface area contributed by atoms with E-state index in [9.17, 15) is 53.8 Å². The van der Waals surface area contributed by atoms with Crippen LogP contribution in [0.25, 0.3) is 0 Å². The quantitative estimate of drug-likeness (QED) is 0.0832. The van der Waals surface area contributed by atoms with Crippen molar-refractivity contribution in [3.05, 3.63) is 11.6 Å². The second-order valence-corrected chi connectivity index (χ2v) is 24.5. The van der Waals surface area contributed by atoms with E-state index in [1.165, 1.54) is 6.92 Å². The first-order valence-corrected chi connectivity index (χ1v) is 25.9. The molecule has 0 amide bonds. The SMILES string of the molecule is CC(C)=C[C@H]1C[C@](C)(O)[C@@H]2[C@H]3CC[C@@H]4[C@@]5(C)CC[C@H](O[C@@H]6OC[C@H](O)[C@H](O[C@@H]7O[C@H](CO)[C@@H](OS(=O)(=O)O)[C@H](O)[C@H]7O)[C@H]6O[C@@H]6O[C@@H](C)[C@H](O)[C@@H](O)[C@H]6O)C(C)(C)[C@@H]5CC[C@@]4(C)[C@@]34CO[C@@]2(C4)O1. The van der Waals surface area contributed by atoms with Crippen molar-refractivity contribution in [1.29, 1.82) is 0 Å². The predicted octanol–water partition coefficient (Wildman–Crippen LogP) is 0.821. The molecule has 2 spiro atoms. The zero-order valence-corrected chi connectivity index (χ0v) is 41.1. The molecule has 9 N–H and O–H groups in total. The van der Waals surface area contributed by atoms with Crippen LogP contribution in [0.5, 0.6) is 0 Å². The van der Waals surface area contributed by atoms with E-state index >= 15 is 0 Å². The largest absolute Gasteiger partial charge is 0.397 e. The van der Waals surface area contributed by atoms with Gasteiger partial charge in [-0.2, -0.15) is 8.42 Å². The molecule has 21 heteroatoms. The number of aliphatic hydroxyl groups excluding tert-OH is 7. The van der Waals surface area contributed by atoms with Crippen molar-refractivity contribution in [2.45, 2.75) is 216 Å². The van der Waals surface area contributed by atoms with Crippen LogP contribution >= 0.6 is 0 Å². The zero-order chi connectivity index (χ0) is 49.5. The Bertz CT molecular complexity index is 2000. The minimum atomic E-state index is -5.18. The molecule has 0 radical (unpaired) electrons. The number of rotatable bonds is 10. The van der Waals surface area contributed by atoms with E-state index in [2.05, 4.69) is 38.0 Å². The minimum Gasteiger partial charge on any atom is -0.394 e. The fraction of sp³-hybridized carbons (Fsp3) is 0.957. The molecule has 4 saturated carbocycles. The molecule has 9 rings (SSSR count). The molecular weight excluding hydrogens is 917 g/mol. The lowest BCUT2D eigenvalue weighted by Crippen LogP contribution is -2.68. The van der Waals surface area contributed by atoms with Crippen LogP contribution in [-0.4, -0.2) is 183 Å². The second-order valence-electron chi connectivity index (χ2n) is 23.5. The first-order chi connectivity index (χ1) is 31.6. The topological polar surface area (TPSA) is 299 Å². The molecule has 9 aliphatic rings. The number of hydrogen-bond acceptors (Lipinski definition) is 19. The summed E-state index contributed by atoms with van der Waals surface area (Å²) in [5.74, 6) is -0.222. The lowest BCUT2D eigenvalue weighted by atomic mass is 9.35. The summed E-state index contributed by atoms with van der Waals surface area (Å²) in [5.41, 5.74) is -0.703. The van der Waals surface area contributed by atoms with E-state index in [0.29, 0.717) is 25.4 Å². The normalized spacial score (nSPS) is 55.4. The molecule has 4 aliphatic carbocycles. The molecule has 25 atom stereocenters. The van der Waals surface area contributed by atoms with Crippen LogP contribution in [0.4, 0.5) is 0 Å². The van der Waals surface area contributed by atoms with Crippen LogP contribution in [0.1, 0.15) is 107 Å². The molecule has 5 saturated heterocycles. The summed E-state index contributed by atoms with van der Waals surface area (Å²) in [6.07, 6.45) is -15.3. The van der Waals surface area contributed by atoms with Crippen molar-refractivity contribution >= 4 is 10.4 Å². The Labute approximate surface area is 398 Å². The van der Waals surface area contributed by atoms with Gasteiger partial charge in [0, 0.05) is 24.2 Å². The average molecular weight is 993 g/mol. The van der Waals surface area contributed by atoms with Crippen LogP contribution in [0.2, 0.25) is 0 Å². The Balaban J connectivity index is 0.972. The van der Waals surface area contributed by atoms with Crippen molar-refractivity contribution in [2.24, 2.45) is 45.3 Å². The number of aliphatic hydroxyl groups is 8. The predicted molar refractivity (Wildman–Crippen MR) is 234 cm³/mol. The first-order valence-electron chi connectivity index (χ1n) is 24.6. The first kappa shape index (κ1) is 51.9. The summed E-state index contributed by atoms with van der Waals surface area (Å²) in [4.78, 5) is 0. The lowest BCUT2D eigenvalue weighted by molar-refractivity contribution is -0.388. The van der Waals surface area contributed by atoms with Gasteiger partial charge >= 0.3 is 10.4 Å². The number of hydrogen-bond donors (Lipinski definition) is 9.